The largest absolute Gasteiger partial charge is 0.465 e. The third kappa shape index (κ3) is 18.9. The molecule has 172 valence electrons. The Bertz CT molecular complexity index is 466. The lowest BCUT2D eigenvalue weighted by atomic mass is 10.2. The molecule has 0 aliphatic carbocycles. The lowest BCUT2D eigenvalue weighted by Gasteiger charge is -2.14. The van der Waals surface area contributed by atoms with Gasteiger partial charge in [-0.25, -0.2) is 0 Å². The summed E-state index contributed by atoms with van der Waals surface area (Å²) < 4.78 is 33.0. The maximum Gasteiger partial charge on any atom is 0.327 e. The Hall–Kier alpha value is 0.490. The average Bonchev–Trinajstić information content (AvgIpc) is 2.65. The van der Waals surface area contributed by atoms with Crippen LogP contribution >= 0.6 is 50.8 Å². The van der Waals surface area contributed by atoms with Crippen molar-refractivity contribution in [2.24, 2.45) is 11.8 Å². The number of rotatable bonds is 18. The van der Waals surface area contributed by atoms with Gasteiger partial charge in [0, 0.05) is 29.7 Å². The van der Waals surface area contributed by atoms with Gasteiger partial charge in [0.05, 0.1) is 25.0 Å². The van der Waals surface area contributed by atoms with Crippen molar-refractivity contribution < 1.29 is 32.7 Å². The van der Waals surface area contributed by atoms with E-state index in [0.717, 1.165) is 0 Å². The molecule has 29 heavy (non-hydrogen) atoms. The van der Waals surface area contributed by atoms with E-state index in [-0.39, 0.29) is 23.8 Å². The van der Waals surface area contributed by atoms with Crippen LogP contribution in [0.4, 0.5) is 0 Å². The Morgan fingerprint density at radius 1 is 0.690 bits per heavy atom. The Morgan fingerprint density at radius 3 is 1.31 bits per heavy atom. The third-order valence-corrected chi connectivity index (χ3v) is 8.89. The molecule has 0 aromatic carbocycles. The Morgan fingerprint density at radius 2 is 1.00 bits per heavy atom. The van der Waals surface area contributed by atoms with Gasteiger partial charge in [-0.15, -0.1) is 0 Å². The van der Waals surface area contributed by atoms with Crippen LogP contribution in [0.1, 0.15) is 27.7 Å². The highest BCUT2D eigenvalue weighted by Crippen LogP contribution is 2.44. The van der Waals surface area contributed by atoms with Crippen LogP contribution in [0.2, 0.25) is 0 Å². The minimum atomic E-state index is -3.05. The fourth-order valence-corrected chi connectivity index (χ4v) is 5.91. The molecule has 0 aromatic heterocycles. The highest BCUT2D eigenvalue weighted by Gasteiger charge is 2.16. The highest BCUT2D eigenvalue weighted by molar-refractivity contribution is 8.77. The summed E-state index contributed by atoms with van der Waals surface area (Å²) >= 11 is 0. The fourth-order valence-electron chi connectivity index (χ4n) is 1.43. The summed E-state index contributed by atoms with van der Waals surface area (Å²) in [5.41, 5.74) is 0. The lowest BCUT2D eigenvalue weighted by Crippen LogP contribution is -2.13. The van der Waals surface area contributed by atoms with Crippen LogP contribution in [0.5, 0.6) is 0 Å². The number of carbonyl (C=O) groups excluding carboxylic acids is 2. The molecule has 0 aromatic rings. The topological polar surface area (TPSA) is 88.1 Å². The molecule has 0 N–H and O–H groups in total. The predicted molar refractivity (Wildman–Crippen MR) is 127 cm³/mol. The summed E-state index contributed by atoms with van der Waals surface area (Å²) in [5, 5.41) is 0. The van der Waals surface area contributed by atoms with Crippen molar-refractivity contribution in [1.82, 2.24) is 0 Å². The minimum absolute atomic E-state index is 0.105. The molecular formula is C17H33O7PS4. The normalized spacial score (nSPS) is 11.8. The Kier molecular flexibility index (Phi) is 18.4. The van der Waals surface area contributed by atoms with Crippen molar-refractivity contribution in [3.63, 3.8) is 0 Å². The van der Waals surface area contributed by atoms with Crippen LogP contribution in [0.25, 0.3) is 0 Å². The van der Waals surface area contributed by atoms with Gasteiger partial charge >= 0.3 is 19.5 Å². The van der Waals surface area contributed by atoms with E-state index in [1.54, 1.807) is 70.9 Å². The molecule has 0 heterocycles. The maximum absolute atomic E-state index is 12.2. The molecule has 0 atom stereocenters. The van der Waals surface area contributed by atoms with Crippen molar-refractivity contribution in [3.8, 4) is 0 Å². The van der Waals surface area contributed by atoms with E-state index in [9.17, 15) is 14.2 Å². The van der Waals surface area contributed by atoms with Crippen LogP contribution in [0, 0.1) is 11.8 Å². The van der Waals surface area contributed by atoms with E-state index in [2.05, 4.69) is 0 Å². The molecule has 0 bridgehead atoms. The summed E-state index contributed by atoms with van der Waals surface area (Å²) in [6.45, 7) is 10.1. The zero-order valence-corrected chi connectivity index (χ0v) is 21.9. The lowest BCUT2D eigenvalue weighted by molar-refractivity contribution is -0.147. The highest BCUT2D eigenvalue weighted by atomic mass is 33.1. The fraction of sp³-hybridized carbons (Fsp3) is 0.882. The first kappa shape index (κ1) is 29.5. The van der Waals surface area contributed by atoms with Gasteiger partial charge in [-0.2, -0.15) is 0 Å². The van der Waals surface area contributed by atoms with Gasteiger partial charge in [0.2, 0.25) is 0 Å². The molecule has 0 rings (SSSR count). The summed E-state index contributed by atoms with van der Waals surface area (Å²) in [5.74, 6) is 2.16. The average molecular weight is 509 g/mol. The molecule has 12 heteroatoms. The van der Waals surface area contributed by atoms with E-state index in [1.165, 1.54) is 6.66 Å². The SMILES string of the molecule is CC(C)C(=O)OCCSSCCOP(C)(=O)OCCSSCCOC(=O)C(C)C. The number of hydrogen-bond donors (Lipinski definition) is 0. The van der Waals surface area contributed by atoms with Gasteiger partial charge in [0.25, 0.3) is 0 Å². The van der Waals surface area contributed by atoms with Crippen LogP contribution in [0.15, 0.2) is 0 Å². The molecular weight excluding hydrogens is 475 g/mol. The van der Waals surface area contributed by atoms with Crippen LogP contribution in [-0.2, 0) is 32.7 Å². The second kappa shape index (κ2) is 18.1. The second-order valence-corrected chi connectivity index (χ2v) is 13.8. The van der Waals surface area contributed by atoms with Gasteiger partial charge in [0.15, 0.2) is 0 Å². The number of hydrogen-bond acceptors (Lipinski definition) is 11. The summed E-state index contributed by atoms with van der Waals surface area (Å²) in [4.78, 5) is 22.6. The van der Waals surface area contributed by atoms with Crippen LogP contribution in [-0.4, -0.2) is 68.0 Å². The monoisotopic (exact) mass is 508 g/mol. The van der Waals surface area contributed by atoms with E-state index in [0.29, 0.717) is 49.4 Å². The zero-order chi connectivity index (χ0) is 22.1. The molecule has 0 aliphatic heterocycles. The van der Waals surface area contributed by atoms with Crippen molar-refractivity contribution >= 4 is 62.7 Å². The van der Waals surface area contributed by atoms with Gasteiger partial charge in [-0.05, 0) is 0 Å². The maximum atomic E-state index is 12.2. The smallest absolute Gasteiger partial charge is 0.327 e. The van der Waals surface area contributed by atoms with Gasteiger partial charge in [0.1, 0.15) is 13.2 Å². The Balaban J connectivity index is 3.50. The van der Waals surface area contributed by atoms with Crippen LogP contribution < -0.4 is 0 Å². The number of esters is 2. The van der Waals surface area contributed by atoms with E-state index < -0.39 is 7.60 Å². The molecule has 0 amide bonds. The molecule has 0 saturated heterocycles. The standard InChI is InChI=1S/C17H33O7PS4/c1-14(2)16(18)21-6-10-26-28-12-8-23-25(5,20)24-9-13-29-27-11-7-22-17(19)15(3)4/h14-15H,6-13H2,1-5H3. The first-order valence-electron chi connectivity index (χ1n) is 9.34. The van der Waals surface area contributed by atoms with Crippen LogP contribution in [0.3, 0.4) is 0 Å². The Labute approximate surface area is 190 Å². The predicted octanol–water partition coefficient (Wildman–Crippen LogP) is 5.00. The molecule has 0 unspecified atom stereocenters. The number of ether oxygens (including phenoxy) is 2. The zero-order valence-electron chi connectivity index (χ0n) is 17.7. The summed E-state index contributed by atoms with van der Waals surface area (Å²) in [6.07, 6.45) is 0. The molecule has 0 spiro atoms. The van der Waals surface area contributed by atoms with Crippen molar-refractivity contribution in [2.45, 2.75) is 27.7 Å². The minimum Gasteiger partial charge on any atom is -0.465 e. The van der Waals surface area contributed by atoms with Crippen molar-refractivity contribution in [2.75, 3.05) is 56.1 Å². The molecule has 0 radical (unpaired) electrons. The quantitative estimate of drug-likeness (QED) is 0.108. The van der Waals surface area contributed by atoms with Crippen molar-refractivity contribution in [1.29, 1.82) is 0 Å². The first-order chi connectivity index (χ1) is 13.7. The molecule has 0 fully saturated rings. The van der Waals surface area contributed by atoms with E-state index >= 15 is 0 Å². The number of carbonyl (C=O) groups is 2. The molecule has 7 nitrogen and oxygen atoms in total. The van der Waals surface area contributed by atoms with E-state index in [4.69, 9.17) is 18.5 Å². The van der Waals surface area contributed by atoms with Crippen molar-refractivity contribution in [3.05, 3.63) is 0 Å². The van der Waals surface area contributed by atoms with Gasteiger partial charge in [-0.1, -0.05) is 70.9 Å². The molecule has 0 saturated carbocycles. The van der Waals surface area contributed by atoms with E-state index in [1.807, 2.05) is 0 Å². The first-order valence-corrected chi connectivity index (χ1v) is 16.3. The van der Waals surface area contributed by atoms with Gasteiger partial charge in [-0.3, -0.25) is 14.2 Å². The van der Waals surface area contributed by atoms with Gasteiger partial charge < -0.3 is 18.5 Å². The molecule has 0 aliphatic rings. The summed E-state index contributed by atoms with van der Waals surface area (Å²) in [6, 6.07) is 0. The second-order valence-electron chi connectivity index (χ2n) is 6.37. The summed E-state index contributed by atoms with van der Waals surface area (Å²) in [7, 11) is 3.27. The third-order valence-electron chi connectivity index (χ3n) is 2.92.